The average molecular weight is 219 g/mol. The third kappa shape index (κ3) is 3.98. The van der Waals surface area contributed by atoms with Gasteiger partial charge in [0.05, 0.1) is 5.69 Å². The molecule has 1 heterocycles. The number of rotatable bonds is 3. The lowest BCUT2D eigenvalue weighted by atomic mass is 10.3. The Kier molecular flexibility index (Phi) is 6.12. The van der Waals surface area contributed by atoms with E-state index in [1.165, 1.54) is 4.90 Å². The van der Waals surface area contributed by atoms with Crippen molar-refractivity contribution in [3.05, 3.63) is 24.0 Å². The summed E-state index contributed by atoms with van der Waals surface area (Å²) >= 11 is 1.81. The second-order valence-electron chi connectivity index (χ2n) is 2.82. The fraction of sp³-hybridized carbons (Fsp3) is 0.444. The lowest BCUT2D eigenvalue weighted by molar-refractivity contribution is 0.940. The molecular weight excluding hydrogens is 204 g/mol. The van der Waals surface area contributed by atoms with Crippen LogP contribution in [0, 0.1) is 0 Å². The van der Waals surface area contributed by atoms with Crippen molar-refractivity contribution in [3.8, 4) is 0 Å². The van der Waals surface area contributed by atoms with Crippen LogP contribution in [-0.4, -0.2) is 10.2 Å². The second kappa shape index (κ2) is 6.24. The molecule has 0 spiro atoms. The lowest BCUT2D eigenvalue weighted by Crippen LogP contribution is -2.02. The molecule has 0 radical (unpaired) electrons. The summed E-state index contributed by atoms with van der Waals surface area (Å²) in [6.45, 7) is 4.85. The highest BCUT2D eigenvalue weighted by molar-refractivity contribution is 8.00. The first-order valence-electron chi connectivity index (χ1n) is 4.04. The van der Waals surface area contributed by atoms with E-state index in [9.17, 15) is 0 Å². The molecule has 0 aliphatic carbocycles. The predicted molar refractivity (Wildman–Crippen MR) is 60.4 cm³/mol. The van der Waals surface area contributed by atoms with Crippen LogP contribution in [0.5, 0.6) is 0 Å². The highest BCUT2D eigenvalue weighted by Crippen LogP contribution is 2.24. The number of nitrogens with two attached hydrogens (primary N) is 1. The van der Waals surface area contributed by atoms with E-state index in [4.69, 9.17) is 5.73 Å². The van der Waals surface area contributed by atoms with Gasteiger partial charge >= 0.3 is 0 Å². The zero-order valence-electron chi connectivity index (χ0n) is 7.86. The molecule has 1 aromatic rings. The first-order valence-corrected chi connectivity index (χ1v) is 4.92. The van der Waals surface area contributed by atoms with Gasteiger partial charge in [0.1, 0.15) is 0 Å². The third-order valence-electron chi connectivity index (χ3n) is 1.40. The molecule has 0 fully saturated rings. The summed E-state index contributed by atoms with van der Waals surface area (Å²) in [5.41, 5.74) is 6.55. The molecule has 2 nitrogen and oxygen atoms in total. The SMILES string of the molecule is CC(C)Sc1cccnc1CN.Cl. The number of hydrogen-bond donors (Lipinski definition) is 1. The van der Waals surface area contributed by atoms with Crippen molar-refractivity contribution >= 4 is 24.2 Å². The summed E-state index contributed by atoms with van der Waals surface area (Å²) in [7, 11) is 0. The standard InChI is InChI=1S/C9H14N2S.ClH/c1-7(2)12-9-4-3-5-11-8(9)6-10;/h3-5,7H,6,10H2,1-2H3;1H. The summed E-state index contributed by atoms with van der Waals surface area (Å²) in [5, 5.41) is 0.583. The molecule has 13 heavy (non-hydrogen) atoms. The minimum absolute atomic E-state index is 0. The Labute approximate surface area is 89.7 Å². The minimum atomic E-state index is 0. The molecule has 0 aliphatic heterocycles. The summed E-state index contributed by atoms with van der Waals surface area (Å²) < 4.78 is 0. The van der Waals surface area contributed by atoms with Gasteiger partial charge in [-0.3, -0.25) is 4.98 Å². The van der Waals surface area contributed by atoms with E-state index in [1.54, 1.807) is 6.20 Å². The van der Waals surface area contributed by atoms with E-state index in [2.05, 4.69) is 24.9 Å². The first-order chi connectivity index (χ1) is 5.74. The highest BCUT2D eigenvalue weighted by atomic mass is 35.5. The number of aromatic nitrogens is 1. The van der Waals surface area contributed by atoms with Gasteiger partial charge in [-0.1, -0.05) is 13.8 Å². The smallest absolute Gasteiger partial charge is 0.0675 e. The molecule has 0 amide bonds. The van der Waals surface area contributed by atoms with Crippen molar-refractivity contribution in [2.24, 2.45) is 5.73 Å². The Balaban J connectivity index is 0.00000144. The van der Waals surface area contributed by atoms with Crippen molar-refractivity contribution in [1.82, 2.24) is 4.98 Å². The Bertz CT molecular complexity index is 253. The zero-order chi connectivity index (χ0) is 8.97. The van der Waals surface area contributed by atoms with Crippen molar-refractivity contribution < 1.29 is 0 Å². The Hall–Kier alpha value is -0.250. The fourth-order valence-corrected chi connectivity index (χ4v) is 1.87. The number of thioether (sulfide) groups is 1. The monoisotopic (exact) mass is 218 g/mol. The predicted octanol–water partition coefficient (Wildman–Crippen LogP) is 2.46. The van der Waals surface area contributed by atoms with Gasteiger partial charge < -0.3 is 5.73 Å². The van der Waals surface area contributed by atoms with Crippen LogP contribution >= 0.6 is 24.2 Å². The summed E-state index contributed by atoms with van der Waals surface area (Å²) in [4.78, 5) is 5.41. The Morgan fingerprint density at radius 1 is 1.54 bits per heavy atom. The van der Waals surface area contributed by atoms with E-state index in [1.807, 2.05) is 17.8 Å². The van der Waals surface area contributed by atoms with Gasteiger partial charge in [-0.05, 0) is 12.1 Å². The molecule has 4 heteroatoms. The van der Waals surface area contributed by atoms with Gasteiger partial charge in [0, 0.05) is 22.9 Å². The quantitative estimate of drug-likeness (QED) is 0.793. The van der Waals surface area contributed by atoms with E-state index in [0.717, 1.165) is 5.69 Å². The minimum Gasteiger partial charge on any atom is -0.325 e. The summed E-state index contributed by atoms with van der Waals surface area (Å²) in [6.07, 6.45) is 1.78. The molecule has 74 valence electrons. The molecular formula is C9H15ClN2S. The van der Waals surface area contributed by atoms with E-state index in [0.29, 0.717) is 11.8 Å². The van der Waals surface area contributed by atoms with E-state index in [-0.39, 0.29) is 12.4 Å². The van der Waals surface area contributed by atoms with Gasteiger partial charge in [-0.15, -0.1) is 24.2 Å². The highest BCUT2D eigenvalue weighted by Gasteiger charge is 2.03. The normalized spacial score (nSPS) is 9.85. The van der Waals surface area contributed by atoms with Crippen LogP contribution in [0.2, 0.25) is 0 Å². The maximum atomic E-state index is 5.55. The van der Waals surface area contributed by atoms with Crippen molar-refractivity contribution in [3.63, 3.8) is 0 Å². The summed E-state index contributed by atoms with van der Waals surface area (Å²) in [5.74, 6) is 0. The van der Waals surface area contributed by atoms with E-state index >= 15 is 0 Å². The third-order valence-corrected chi connectivity index (χ3v) is 2.50. The maximum absolute atomic E-state index is 5.55. The molecule has 1 aromatic heterocycles. The molecule has 1 rings (SSSR count). The summed E-state index contributed by atoms with van der Waals surface area (Å²) in [6, 6.07) is 4.02. The lowest BCUT2D eigenvalue weighted by Gasteiger charge is -2.07. The van der Waals surface area contributed by atoms with Crippen LogP contribution in [0.4, 0.5) is 0 Å². The number of hydrogen-bond acceptors (Lipinski definition) is 3. The van der Waals surface area contributed by atoms with Crippen LogP contribution in [0.3, 0.4) is 0 Å². The second-order valence-corrected chi connectivity index (χ2v) is 4.44. The molecule has 0 atom stereocenters. The number of halogens is 1. The topological polar surface area (TPSA) is 38.9 Å². The van der Waals surface area contributed by atoms with Gasteiger partial charge in [0.25, 0.3) is 0 Å². The fourth-order valence-electron chi connectivity index (χ4n) is 0.938. The van der Waals surface area contributed by atoms with Crippen molar-refractivity contribution in [2.75, 3.05) is 0 Å². The largest absolute Gasteiger partial charge is 0.325 e. The van der Waals surface area contributed by atoms with E-state index < -0.39 is 0 Å². The number of nitrogens with zero attached hydrogens (tertiary/aromatic N) is 1. The van der Waals surface area contributed by atoms with Crippen LogP contribution in [0.25, 0.3) is 0 Å². The van der Waals surface area contributed by atoms with Gasteiger partial charge in [0.15, 0.2) is 0 Å². The molecule has 0 saturated heterocycles. The molecule has 2 N–H and O–H groups in total. The van der Waals surface area contributed by atoms with Gasteiger partial charge in [0.2, 0.25) is 0 Å². The molecule has 0 aromatic carbocycles. The van der Waals surface area contributed by atoms with Crippen LogP contribution in [-0.2, 0) is 6.54 Å². The average Bonchev–Trinajstić information content (AvgIpc) is 2.04. The van der Waals surface area contributed by atoms with Gasteiger partial charge in [-0.2, -0.15) is 0 Å². The Morgan fingerprint density at radius 2 is 2.23 bits per heavy atom. The first kappa shape index (κ1) is 12.8. The molecule has 0 unspecified atom stereocenters. The van der Waals surface area contributed by atoms with Crippen molar-refractivity contribution in [2.45, 2.75) is 30.5 Å². The van der Waals surface area contributed by atoms with Crippen LogP contribution in [0.15, 0.2) is 23.2 Å². The molecule has 0 aliphatic rings. The number of pyridine rings is 1. The maximum Gasteiger partial charge on any atom is 0.0675 e. The van der Waals surface area contributed by atoms with Crippen molar-refractivity contribution in [1.29, 1.82) is 0 Å². The zero-order valence-corrected chi connectivity index (χ0v) is 9.49. The van der Waals surface area contributed by atoms with Crippen LogP contribution in [0.1, 0.15) is 19.5 Å². The molecule has 0 saturated carbocycles. The van der Waals surface area contributed by atoms with Gasteiger partial charge in [-0.25, -0.2) is 0 Å². The Morgan fingerprint density at radius 3 is 2.77 bits per heavy atom. The van der Waals surface area contributed by atoms with Crippen LogP contribution < -0.4 is 5.73 Å². The molecule has 0 bridgehead atoms.